The van der Waals surface area contributed by atoms with Gasteiger partial charge in [0.25, 0.3) is 5.91 Å². The fourth-order valence-corrected chi connectivity index (χ4v) is 4.15. The molecule has 4 rings (SSSR count). The lowest BCUT2D eigenvalue weighted by atomic mass is 10.1. The predicted octanol–water partition coefficient (Wildman–Crippen LogP) is 5.57. The second kappa shape index (κ2) is 8.68. The van der Waals surface area contributed by atoms with Gasteiger partial charge in [-0.15, -0.1) is 0 Å². The van der Waals surface area contributed by atoms with Gasteiger partial charge in [-0.25, -0.2) is 0 Å². The van der Waals surface area contributed by atoms with E-state index in [0.717, 1.165) is 16.9 Å². The van der Waals surface area contributed by atoms with Gasteiger partial charge in [-0.3, -0.25) is 9.69 Å². The van der Waals surface area contributed by atoms with Gasteiger partial charge in [0.2, 0.25) is 0 Å². The van der Waals surface area contributed by atoms with Gasteiger partial charge in [0, 0.05) is 0 Å². The van der Waals surface area contributed by atoms with Crippen LogP contribution in [0.3, 0.4) is 0 Å². The van der Waals surface area contributed by atoms with Gasteiger partial charge in [-0.05, 0) is 48.4 Å². The van der Waals surface area contributed by atoms with Gasteiger partial charge in [-0.1, -0.05) is 65.9 Å². The van der Waals surface area contributed by atoms with Crippen LogP contribution in [0.25, 0.3) is 6.08 Å². The van der Waals surface area contributed by atoms with E-state index in [1.165, 1.54) is 17.3 Å². The number of thioether (sulfide) groups is 1. The summed E-state index contributed by atoms with van der Waals surface area (Å²) >= 11 is 6.68. The molecule has 1 saturated heterocycles. The Morgan fingerprint density at radius 1 is 1.14 bits per heavy atom. The SMILES string of the molecule is Cc1ccc(COc2cccc(/C=C3\SC(=S)N(Cc4ccco4)C3=O)c2)cc1. The first kappa shape index (κ1) is 19.5. The van der Waals surface area contributed by atoms with E-state index in [1.54, 1.807) is 17.2 Å². The molecule has 6 heteroatoms. The number of aryl methyl sites for hydroxylation is 1. The molecule has 2 aromatic carbocycles. The molecule has 0 N–H and O–H groups in total. The molecule has 0 bridgehead atoms. The van der Waals surface area contributed by atoms with Crippen LogP contribution in [0.4, 0.5) is 0 Å². The van der Waals surface area contributed by atoms with Crippen LogP contribution in [0.1, 0.15) is 22.5 Å². The quantitative estimate of drug-likeness (QED) is 0.385. The first-order valence-corrected chi connectivity index (χ1v) is 10.4. The molecule has 4 nitrogen and oxygen atoms in total. The second-order valence-corrected chi connectivity index (χ2v) is 8.37. The Kier molecular flexibility index (Phi) is 5.83. The monoisotopic (exact) mass is 421 g/mol. The van der Waals surface area contributed by atoms with Crippen molar-refractivity contribution in [2.45, 2.75) is 20.1 Å². The Morgan fingerprint density at radius 3 is 2.72 bits per heavy atom. The average molecular weight is 422 g/mol. The third kappa shape index (κ3) is 4.78. The first-order valence-electron chi connectivity index (χ1n) is 9.15. The minimum absolute atomic E-state index is 0.109. The number of rotatable bonds is 6. The highest BCUT2D eigenvalue weighted by Gasteiger charge is 2.32. The van der Waals surface area contributed by atoms with E-state index in [4.69, 9.17) is 21.4 Å². The molecule has 3 aromatic rings. The summed E-state index contributed by atoms with van der Waals surface area (Å²) in [5.41, 5.74) is 3.23. The molecule has 1 amide bonds. The summed E-state index contributed by atoms with van der Waals surface area (Å²) in [6.07, 6.45) is 3.44. The fourth-order valence-electron chi connectivity index (χ4n) is 2.89. The van der Waals surface area contributed by atoms with Crippen molar-refractivity contribution >= 4 is 40.3 Å². The van der Waals surface area contributed by atoms with Crippen molar-refractivity contribution in [2.75, 3.05) is 0 Å². The minimum atomic E-state index is -0.109. The van der Waals surface area contributed by atoms with Gasteiger partial charge in [0.15, 0.2) is 0 Å². The molecule has 1 aliphatic rings. The molecule has 146 valence electrons. The van der Waals surface area contributed by atoms with Crippen molar-refractivity contribution in [3.8, 4) is 5.75 Å². The molecule has 1 aromatic heterocycles. The van der Waals surface area contributed by atoms with Gasteiger partial charge >= 0.3 is 0 Å². The van der Waals surface area contributed by atoms with Gasteiger partial charge in [0.1, 0.15) is 22.4 Å². The number of amides is 1. The minimum Gasteiger partial charge on any atom is -0.489 e. The maximum Gasteiger partial charge on any atom is 0.266 e. The van der Waals surface area contributed by atoms with Crippen LogP contribution in [-0.2, 0) is 17.9 Å². The molecule has 0 saturated carbocycles. The highest BCUT2D eigenvalue weighted by molar-refractivity contribution is 8.26. The Morgan fingerprint density at radius 2 is 1.97 bits per heavy atom. The topological polar surface area (TPSA) is 42.7 Å². The predicted molar refractivity (Wildman–Crippen MR) is 119 cm³/mol. The molecule has 0 aliphatic carbocycles. The van der Waals surface area contributed by atoms with Crippen LogP contribution in [0.2, 0.25) is 0 Å². The summed E-state index contributed by atoms with van der Waals surface area (Å²) in [5, 5.41) is 0. The Bertz CT molecular complexity index is 1060. The van der Waals surface area contributed by atoms with E-state index in [1.807, 2.05) is 36.4 Å². The highest BCUT2D eigenvalue weighted by Crippen LogP contribution is 2.34. The number of hydrogen-bond donors (Lipinski definition) is 0. The van der Waals surface area contributed by atoms with Gasteiger partial charge < -0.3 is 9.15 Å². The number of carbonyl (C=O) groups excluding carboxylic acids is 1. The summed E-state index contributed by atoms with van der Waals surface area (Å²) in [4.78, 5) is 14.9. The van der Waals surface area contributed by atoms with Crippen LogP contribution < -0.4 is 4.74 Å². The number of carbonyl (C=O) groups is 1. The first-order chi connectivity index (χ1) is 14.1. The summed E-state index contributed by atoms with van der Waals surface area (Å²) in [5.74, 6) is 1.35. The zero-order chi connectivity index (χ0) is 20.2. The van der Waals surface area contributed by atoms with E-state index in [0.29, 0.717) is 28.1 Å². The smallest absolute Gasteiger partial charge is 0.266 e. The Hall–Kier alpha value is -2.83. The normalized spacial score (nSPS) is 15.3. The number of thiocarbonyl (C=S) groups is 1. The average Bonchev–Trinajstić information content (AvgIpc) is 3.32. The van der Waals surface area contributed by atoms with Gasteiger partial charge in [0.05, 0.1) is 17.7 Å². The van der Waals surface area contributed by atoms with Crippen LogP contribution in [0.5, 0.6) is 5.75 Å². The fraction of sp³-hybridized carbons (Fsp3) is 0.130. The summed E-state index contributed by atoms with van der Waals surface area (Å²) < 4.78 is 11.8. The molecule has 0 radical (unpaired) electrons. The molecule has 29 heavy (non-hydrogen) atoms. The zero-order valence-electron chi connectivity index (χ0n) is 15.8. The maximum absolute atomic E-state index is 12.7. The lowest BCUT2D eigenvalue weighted by Crippen LogP contribution is -2.27. The largest absolute Gasteiger partial charge is 0.489 e. The molecule has 1 aliphatic heterocycles. The maximum atomic E-state index is 12.7. The Balaban J connectivity index is 1.45. The lowest BCUT2D eigenvalue weighted by Gasteiger charge is -2.12. The Labute approximate surface area is 179 Å². The van der Waals surface area contributed by atoms with E-state index in [2.05, 4.69) is 31.2 Å². The second-order valence-electron chi connectivity index (χ2n) is 6.69. The van der Waals surface area contributed by atoms with Crippen molar-refractivity contribution in [3.05, 3.63) is 94.3 Å². The third-order valence-electron chi connectivity index (χ3n) is 4.45. The van der Waals surface area contributed by atoms with E-state index in [-0.39, 0.29) is 5.91 Å². The summed E-state index contributed by atoms with van der Waals surface area (Å²) in [6, 6.07) is 19.6. The molecular weight excluding hydrogens is 402 g/mol. The molecule has 0 atom stereocenters. The van der Waals surface area contributed by atoms with Gasteiger partial charge in [-0.2, -0.15) is 0 Å². The number of benzene rings is 2. The number of ether oxygens (including phenoxy) is 1. The van der Waals surface area contributed by atoms with E-state index in [9.17, 15) is 4.79 Å². The lowest BCUT2D eigenvalue weighted by molar-refractivity contribution is -0.122. The zero-order valence-corrected chi connectivity index (χ0v) is 17.5. The number of nitrogens with zero attached hydrogens (tertiary/aromatic N) is 1. The van der Waals surface area contributed by atoms with Crippen LogP contribution in [-0.4, -0.2) is 15.1 Å². The summed E-state index contributed by atoms with van der Waals surface area (Å²) in [7, 11) is 0. The number of furan rings is 1. The van der Waals surface area contributed by atoms with E-state index < -0.39 is 0 Å². The summed E-state index contributed by atoms with van der Waals surface area (Å²) in [6.45, 7) is 2.90. The van der Waals surface area contributed by atoms with Crippen molar-refractivity contribution < 1.29 is 13.9 Å². The number of hydrogen-bond acceptors (Lipinski definition) is 5. The van der Waals surface area contributed by atoms with Crippen molar-refractivity contribution in [1.29, 1.82) is 0 Å². The van der Waals surface area contributed by atoms with Crippen LogP contribution >= 0.6 is 24.0 Å². The van der Waals surface area contributed by atoms with Crippen molar-refractivity contribution in [1.82, 2.24) is 4.90 Å². The molecule has 2 heterocycles. The van der Waals surface area contributed by atoms with E-state index >= 15 is 0 Å². The third-order valence-corrected chi connectivity index (χ3v) is 5.83. The molecular formula is C23H19NO3S2. The molecule has 0 unspecified atom stereocenters. The van der Waals surface area contributed by atoms with Crippen molar-refractivity contribution in [2.24, 2.45) is 0 Å². The van der Waals surface area contributed by atoms with Crippen LogP contribution in [0, 0.1) is 6.92 Å². The van der Waals surface area contributed by atoms with Crippen LogP contribution in [0.15, 0.2) is 76.2 Å². The van der Waals surface area contributed by atoms with Crippen molar-refractivity contribution in [3.63, 3.8) is 0 Å². The highest BCUT2D eigenvalue weighted by atomic mass is 32.2. The molecule has 1 fully saturated rings. The molecule has 0 spiro atoms. The standard InChI is InChI=1S/C23H19NO3S2/c1-16-7-9-17(10-8-16)15-27-19-5-2-4-18(12-19)13-21-22(25)24(23(28)29-21)14-20-6-3-11-26-20/h2-13H,14-15H2,1H3/b21-13-.